The molecule has 0 aromatic carbocycles. The first-order chi connectivity index (χ1) is 10.8. The molecule has 4 aliphatic rings. The van der Waals surface area contributed by atoms with Crippen molar-refractivity contribution in [2.75, 3.05) is 19.6 Å². The Bertz CT molecular complexity index is 438. The van der Waals surface area contributed by atoms with Crippen molar-refractivity contribution in [1.29, 1.82) is 0 Å². The summed E-state index contributed by atoms with van der Waals surface area (Å²) in [6.45, 7) is 3.66. The third kappa shape index (κ3) is 4.15. The first-order valence-corrected chi connectivity index (χ1v) is 9.76. The van der Waals surface area contributed by atoms with Gasteiger partial charge in [-0.15, -0.1) is 0 Å². The molecular weight excluding hydrogens is 324 g/mol. The van der Waals surface area contributed by atoms with Crippen LogP contribution >= 0.6 is 0 Å². The summed E-state index contributed by atoms with van der Waals surface area (Å²) in [6, 6.07) is 1.39. The molecule has 4 saturated heterocycles. The average Bonchev–Trinajstić information content (AvgIpc) is 2.47. The molecule has 0 aromatic rings. The quantitative estimate of drug-likeness (QED) is 0.529. The zero-order valence-electron chi connectivity index (χ0n) is 13.2. The molecule has 7 nitrogen and oxygen atoms in total. The molecule has 23 heavy (non-hydrogen) atoms. The third-order valence-corrected chi connectivity index (χ3v) is 5.87. The number of carbonyl (C=O) groups is 1. The number of hydrogen-bond acceptors (Lipinski definition) is 6. The Hall–Kier alpha value is -0.440. The second-order valence-corrected chi connectivity index (χ2v) is 8.01. The highest BCUT2D eigenvalue weighted by Gasteiger charge is 2.47. The van der Waals surface area contributed by atoms with Crippen molar-refractivity contribution in [3.63, 3.8) is 0 Å². The standard InChI is InChI=1S/C15H24N2O.ClHO4/c18-15-6-3-5-14-11-8-12(10-17(14)15)13-4-1-2-7-16(13)9-11;2-1(3,4)5/h11-14H,1-10H2;(H,2,3,4,5)/t11?,12-,13?,14?;/m1./s1. The monoisotopic (exact) mass is 348 g/mol. The van der Waals surface area contributed by atoms with Crippen LogP contribution in [-0.4, -0.2) is 52.1 Å². The van der Waals surface area contributed by atoms with Crippen LogP contribution in [0.2, 0.25) is 0 Å². The van der Waals surface area contributed by atoms with Gasteiger partial charge < -0.3 is 4.90 Å². The summed E-state index contributed by atoms with van der Waals surface area (Å²) in [5.41, 5.74) is 0. The number of fused-ring (bicyclic) bond motifs is 6. The molecule has 3 unspecified atom stereocenters. The fraction of sp³-hybridized carbons (Fsp3) is 0.933. The van der Waals surface area contributed by atoms with E-state index in [4.69, 9.17) is 18.6 Å². The number of amides is 1. The summed E-state index contributed by atoms with van der Waals surface area (Å²) in [7, 11) is -4.69. The van der Waals surface area contributed by atoms with Crippen LogP contribution < -0.4 is 14.0 Å². The van der Waals surface area contributed by atoms with Crippen LogP contribution in [0.5, 0.6) is 0 Å². The van der Waals surface area contributed by atoms with E-state index < -0.39 is 10.2 Å². The van der Waals surface area contributed by atoms with Crippen LogP contribution in [0, 0.1) is 22.1 Å². The number of halogens is 1. The summed E-state index contributed by atoms with van der Waals surface area (Å²) < 4.78 is 32.7. The smallest absolute Gasteiger partial charge is 0.222 e. The molecule has 1 N–H and O–H groups in total. The van der Waals surface area contributed by atoms with Crippen molar-refractivity contribution >= 4 is 5.91 Å². The Kier molecular flexibility index (Phi) is 5.15. The number of nitrogens with zero attached hydrogens (tertiary/aromatic N) is 2. The second-order valence-electron chi connectivity index (χ2n) is 7.22. The highest BCUT2D eigenvalue weighted by atomic mass is 35.7. The van der Waals surface area contributed by atoms with Gasteiger partial charge in [0.15, 0.2) is 0 Å². The summed E-state index contributed by atoms with van der Waals surface area (Å²) in [5.74, 6) is 2.01. The Morgan fingerprint density at radius 3 is 2.39 bits per heavy atom. The molecule has 0 radical (unpaired) electrons. The average molecular weight is 349 g/mol. The Morgan fingerprint density at radius 2 is 1.65 bits per heavy atom. The summed E-state index contributed by atoms with van der Waals surface area (Å²) in [5, 5.41) is 0. The van der Waals surface area contributed by atoms with Gasteiger partial charge in [0.2, 0.25) is 5.91 Å². The second kappa shape index (κ2) is 6.82. The SMILES string of the molecule is O=C1CCCC2C3C[C@H](CN12)C1CCCCN1C3.[O-][Cl+3]([O-])([O-])O. The summed E-state index contributed by atoms with van der Waals surface area (Å²) >= 11 is 0. The van der Waals surface area contributed by atoms with Crippen molar-refractivity contribution in [2.45, 2.75) is 57.0 Å². The van der Waals surface area contributed by atoms with E-state index in [1.165, 1.54) is 45.2 Å². The molecule has 4 aliphatic heterocycles. The van der Waals surface area contributed by atoms with E-state index in [1.807, 2.05) is 0 Å². The predicted octanol–water partition coefficient (Wildman–Crippen LogP) is -2.25. The van der Waals surface area contributed by atoms with Crippen LogP contribution in [0.4, 0.5) is 0 Å². The van der Waals surface area contributed by atoms with Crippen molar-refractivity contribution in [1.82, 2.24) is 9.80 Å². The van der Waals surface area contributed by atoms with E-state index in [1.54, 1.807) is 0 Å². The maximum Gasteiger partial charge on any atom is 0.222 e. The van der Waals surface area contributed by atoms with E-state index in [0.29, 0.717) is 11.9 Å². The minimum atomic E-state index is -4.69. The maximum atomic E-state index is 12.1. The highest BCUT2D eigenvalue weighted by Crippen LogP contribution is 2.42. The van der Waals surface area contributed by atoms with E-state index in [2.05, 4.69) is 9.80 Å². The molecule has 132 valence electrons. The minimum absolute atomic E-state index is 0.449. The van der Waals surface area contributed by atoms with Crippen LogP contribution in [0.1, 0.15) is 44.9 Å². The van der Waals surface area contributed by atoms with Gasteiger partial charge in [0.1, 0.15) is 0 Å². The van der Waals surface area contributed by atoms with Crippen LogP contribution in [0.15, 0.2) is 0 Å². The van der Waals surface area contributed by atoms with Gasteiger partial charge in [-0.25, -0.2) is 0 Å². The van der Waals surface area contributed by atoms with Gasteiger partial charge in [-0.1, -0.05) is 6.42 Å². The summed E-state index contributed by atoms with van der Waals surface area (Å²) in [4.78, 5) is 17.2. The van der Waals surface area contributed by atoms with Gasteiger partial charge in [0.05, 0.1) is 14.9 Å². The van der Waals surface area contributed by atoms with E-state index in [-0.39, 0.29) is 0 Å². The zero-order chi connectivity index (χ0) is 16.6. The molecule has 8 heteroatoms. The molecule has 0 spiro atoms. The molecule has 0 aliphatic carbocycles. The highest BCUT2D eigenvalue weighted by molar-refractivity contribution is 5.77. The van der Waals surface area contributed by atoms with E-state index >= 15 is 0 Å². The number of piperidine rings is 4. The first kappa shape index (κ1) is 17.4. The minimum Gasteiger partial charge on any atom is -0.339 e. The van der Waals surface area contributed by atoms with E-state index in [0.717, 1.165) is 37.3 Å². The molecule has 4 heterocycles. The van der Waals surface area contributed by atoms with Crippen molar-refractivity contribution < 1.29 is 33.7 Å². The number of carbonyl (C=O) groups excluding carboxylic acids is 1. The van der Waals surface area contributed by atoms with Crippen LogP contribution in [0.3, 0.4) is 0 Å². The Morgan fingerprint density at radius 1 is 1.00 bits per heavy atom. The van der Waals surface area contributed by atoms with Crippen LogP contribution in [0.25, 0.3) is 0 Å². The Labute approximate surface area is 138 Å². The Balaban J connectivity index is 0.000000276. The largest absolute Gasteiger partial charge is 0.339 e. The fourth-order valence-electron chi connectivity index (χ4n) is 5.10. The lowest BCUT2D eigenvalue weighted by Gasteiger charge is -2.56. The molecule has 4 atom stereocenters. The maximum absolute atomic E-state index is 12.1. The predicted molar refractivity (Wildman–Crippen MR) is 72.4 cm³/mol. The molecule has 1 amide bonds. The lowest BCUT2D eigenvalue weighted by Crippen LogP contribution is -2.64. The topological polar surface area (TPSA) is 113 Å². The van der Waals surface area contributed by atoms with Crippen molar-refractivity contribution in [2.24, 2.45) is 11.8 Å². The first-order valence-electron chi connectivity index (χ1n) is 8.49. The van der Waals surface area contributed by atoms with Crippen molar-refractivity contribution in [3.8, 4) is 0 Å². The molecular formula is C15H25ClN2O5. The van der Waals surface area contributed by atoms with Gasteiger partial charge in [-0.2, -0.15) is 14.0 Å². The molecule has 0 aromatic heterocycles. The molecule has 0 saturated carbocycles. The normalized spacial score (nSPS) is 37.4. The lowest BCUT2D eigenvalue weighted by molar-refractivity contribution is -1.92. The summed E-state index contributed by atoms with van der Waals surface area (Å²) in [6.07, 6.45) is 8.78. The third-order valence-electron chi connectivity index (χ3n) is 5.87. The van der Waals surface area contributed by atoms with Gasteiger partial charge in [0.25, 0.3) is 0 Å². The van der Waals surface area contributed by atoms with E-state index in [9.17, 15) is 4.79 Å². The van der Waals surface area contributed by atoms with Crippen LogP contribution in [-0.2, 0) is 4.79 Å². The lowest BCUT2D eigenvalue weighted by atomic mass is 9.71. The molecule has 4 fully saturated rings. The fourth-order valence-corrected chi connectivity index (χ4v) is 5.10. The zero-order valence-corrected chi connectivity index (χ0v) is 14.0. The molecule has 4 rings (SSSR count). The number of hydrogen-bond donors (Lipinski definition) is 1. The molecule has 2 bridgehead atoms. The van der Waals surface area contributed by atoms with Gasteiger partial charge in [0, 0.05) is 31.6 Å². The van der Waals surface area contributed by atoms with Gasteiger partial charge in [-0.3, -0.25) is 9.69 Å². The van der Waals surface area contributed by atoms with Gasteiger partial charge >= 0.3 is 0 Å². The number of rotatable bonds is 0. The van der Waals surface area contributed by atoms with Gasteiger partial charge in [-0.05, 0) is 50.5 Å². The van der Waals surface area contributed by atoms with Crippen molar-refractivity contribution in [3.05, 3.63) is 0 Å².